The Kier molecular flexibility index (Phi) is 6.20. The Morgan fingerprint density at radius 2 is 1.74 bits per heavy atom. The van der Waals surface area contributed by atoms with Gasteiger partial charge >= 0.3 is 0 Å². The zero-order chi connectivity index (χ0) is 18.6. The third-order valence-electron chi connectivity index (χ3n) is 7.62. The highest BCUT2D eigenvalue weighted by atomic mass is 19.1. The number of halogens is 1. The van der Waals surface area contributed by atoms with Crippen LogP contribution in [-0.2, 0) is 12.8 Å². The van der Waals surface area contributed by atoms with Gasteiger partial charge in [-0.15, -0.1) is 0 Å². The van der Waals surface area contributed by atoms with E-state index in [9.17, 15) is 4.39 Å². The molecular formula is C25H35FO. The summed E-state index contributed by atoms with van der Waals surface area (Å²) in [7, 11) is 0. The number of benzene rings is 1. The molecule has 0 amide bonds. The van der Waals surface area contributed by atoms with Crippen molar-refractivity contribution < 1.29 is 9.13 Å². The highest BCUT2D eigenvalue weighted by Gasteiger charge is 2.38. The summed E-state index contributed by atoms with van der Waals surface area (Å²) in [6.45, 7) is 2.97. The molecule has 0 spiro atoms. The maximum atomic E-state index is 12.5. The van der Waals surface area contributed by atoms with E-state index in [1.807, 2.05) is 0 Å². The molecule has 1 nitrogen and oxygen atoms in total. The van der Waals surface area contributed by atoms with E-state index < -0.39 is 0 Å². The van der Waals surface area contributed by atoms with E-state index in [1.165, 1.54) is 63.4 Å². The van der Waals surface area contributed by atoms with E-state index in [1.54, 1.807) is 11.6 Å². The molecule has 5 atom stereocenters. The lowest BCUT2D eigenvalue weighted by molar-refractivity contribution is 0.0809. The zero-order valence-electron chi connectivity index (χ0n) is 16.8. The Balaban J connectivity index is 1.35. The minimum atomic E-state index is 0.499. The number of hydrogen-bond donors (Lipinski definition) is 0. The lowest BCUT2D eigenvalue weighted by Gasteiger charge is -2.44. The molecule has 0 bridgehead atoms. The molecule has 0 heterocycles. The van der Waals surface area contributed by atoms with Crippen molar-refractivity contribution in [2.24, 2.45) is 29.6 Å². The van der Waals surface area contributed by atoms with Crippen LogP contribution in [0.2, 0.25) is 0 Å². The van der Waals surface area contributed by atoms with Gasteiger partial charge in [0.1, 0.15) is 5.75 Å². The molecule has 5 unspecified atom stereocenters. The molecule has 1 aromatic rings. The summed E-state index contributed by atoms with van der Waals surface area (Å²) in [5.74, 6) is 5.07. The first kappa shape index (κ1) is 19.0. The molecule has 2 fully saturated rings. The molecule has 1 aromatic carbocycles. The van der Waals surface area contributed by atoms with Gasteiger partial charge in [0.05, 0.1) is 12.9 Å². The van der Waals surface area contributed by atoms with E-state index in [-0.39, 0.29) is 0 Å². The van der Waals surface area contributed by atoms with Crippen LogP contribution in [0.4, 0.5) is 4.39 Å². The van der Waals surface area contributed by atoms with Gasteiger partial charge in [-0.3, -0.25) is 0 Å². The maximum Gasteiger partial charge on any atom is 0.119 e. The summed E-state index contributed by atoms with van der Waals surface area (Å²) >= 11 is 0. The molecular weight excluding hydrogens is 335 g/mol. The van der Waals surface area contributed by atoms with Crippen LogP contribution in [0.15, 0.2) is 30.6 Å². The summed E-state index contributed by atoms with van der Waals surface area (Å²) in [5, 5.41) is 0. The Hall–Kier alpha value is -1.31. The number of hydrogen-bond acceptors (Lipinski definition) is 1. The summed E-state index contributed by atoms with van der Waals surface area (Å²) in [4.78, 5) is 0. The fraction of sp³-hybridized carbons (Fsp3) is 0.680. The molecule has 2 heteroatoms. The van der Waals surface area contributed by atoms with Crippen molar-refractivity contribution in [1.82, 2.24) is 0 Å². The van der Waals surface area contributed by atoms with Gasteiger partial charge in [0.25, 0.3) is 0 Å². The van der Waals surface area contributed by atoms with Gasteiger partial charge in [-0.1, -0.05) is 19.1 Å². The number of allylic oxidation sites excluding steroid dienone is 1. The largest absolute Gasteiger partial charge is 0.494 e. The van der Waals surface area contributed by atoms with E-state index in [0.29, 0.717) is 5.92 Å². The fourth-order valence-electron chi connectivity index (χ4n) is 6.14. The van der Waals surface area contributed by atoms with Crippen LogP contribution in [0, 0.1) is 29.6 Å². The van der Waals surface area contributed by atoms with Gasteiger partial charge in [-0.25, -0.2) is 4.39 Å². The Morgan fingerprint density at radius 1 is 0.963 bits per heavy atom. The third-order valence-corrected chi connectivity index (χ3v) is 7.62. The van der Waals surface area contributed by atoms with Crippen molar-refractivity contribution in [1.29, 1.82) is 0 Å². The Labute approximate surface area is 164 Å². The van der Waals surface area contributed by atoms with Gasteiger partial charge in [0.15, 0.2) is 0 Å². The van der Waals surface area contributed by atoms with Crippen molar-refractivity contribution in [2.75, 3.05) is 6.61 Å². The first-order valence-corrected chi connectivity index (χ1v) is 11.3. The number of ether oxygens (including phenoxy) is 1. The SMILES string of the molecule is CCCOc1ccc2c(c1)CCC(C1CCC3CC(/C=C/F)CCC3C1)C2. The monoisotopic (exact) mass is 370 g/mol. The highest BCUT2D eigenvalue weighted by molar-refractivity contribution is 5.37. The highest BCUT2D eigenvalue weighted by Crippen LogP contribution is 2.48. The van der Waals surface area contributed by atoms with Gasteiger partial charge in [0.2, 0.25) is 0 Å². The molecule has 3 aliphatic rings. The average Bonchev–Trinajstić information content (AvgIpc) is 2.71. The van der Waals surface area contributed by atoms with Crippen LogP contribution in [0.5, 0.6) is 5.75 Å². The Morgan fingerprint density at radius 3 is 2.56 bits per heavy atom. The molecule has 27 heavy (non-hydrogen) atoms. The van der Waals surface area contributed by atoms with Crippen LogP contribution < -0.4 is 4.74 Å². The number of aryl methyl sites for hydroxylation is 1. The van der Waals surface area contributed by atoms with Gasteiger partial charge < -0.3 is 4.74 Å². The molecule has 0 radical (unpaired) electrons. The third kappa shape index (κ3) is 4.41. The lowest BCUT2D eigenvalue weighted by Crippen LogP contribution is -2.34. The number of rotatable bonds is 5. The smallest absolute Gasteiger partial charge is 0.119 e. The predicted molar refractivity (Wildman–Crippen MR) is 110 cm³/mol. The Bertz CT molecular complexity index is 652. The van der Waals surface area contributed by atoms with Crippen molar-refractivity contribution >= 4 is 0 Å². The van der Waals surface area contributed by atoms with Crippen LogP contribution in [0.3, 0.4) is 0 Å². The van der Waals surface area contributed by atoms with Gasteiger partial charge in [0, 0.05) is 0 Å². The van der Waals surface area contributed by atoms with Crippen LogP contribution in [0.25, 0.3) is 0 Å². The van der Waals surface area contributed by atoms with Crippen molar-refractivity contribution in [2.45, 2.75) is 71.1 Å². The van der Waals surface area contributed by atoms with Gasteiger partial charge in [-0.05, 0) is 117 Å². The fourth-order valence-corrected chi connectivity index (χ4v) is 6.14. The van der Waals surface area contributed by atoms with E-state index in [2.05, 4.69) is 25.1 Å². The standard InChI is InChI=1S/C25H35FO/c1-2-13-27-25-10-9-23-16-22(7-8-24(23)17-25)21-6-5-19-14-18(11-12-26)3-4-20(19)15-21/h9-12,17-22H,2-8,13-16H2,1H3/b12-11+. The maximum absolute atomic E-state index is 12.5. The molecule has 2 saturated carbocycles. The lowest BCUT2D eigenvalue weighted by atomic mass is 9.61. The molecule has 148 valence electrons. The molecule has 0 aliphatic heterocycles. The molecule has 0 saturated heterocycles. The summed E-state index contributed by atoms with van der Waals surface area (Å²) < 4.78 is 18.3. The van der Waals surface area contributed by atoms with Crippen LogP contribution in [0.1, 0.15) is 69.4 Å². The summed E-state index contributed by atoms with van der Waals surface area (Å²) in [6, 6.07) is 6.79. The van der Waals surface area contributed by atoms with Crippen molar-refractivity contribution in [3.8, 4) is 5.75 Å². The molecule has 0 aromatic heterocycles. The summed E-state index contributed by atoms with van der Waals surface area (Å²) in [6.07, 6.45) is 15.4. The van der Waals surface area contributed by atoms with Crippen LogP contribution in [-0.4, -0.2) is 6.61 Å². The average molecular weight is 371 g/mol. The first-order valence-electron chi connectivity index (χ1n) is 11.3. The predicted octanol–water partition coefficient (Wildman–Crippen LogP) is 6.90. The second-order valence-electron chi connectivity index (χ2n) is 9.27. The van der Waals surface area contributed by atoms with E-state index in [4.69, 9.17) is 4.74 Å². The van der Waals surface area contributed by atoms with Crippen LogP contribution >= 0.6 is 0 Å². The topological polar surface area (TPSA) is 9.23 Å². The van der Waals surface area contributed by atoms with Crippen molar-refractivity contribution in [3.05, 3.63) is 41.7 Å². The first-order chi connectivity index (χ1) is 13.3. The second kappa shape index (κ2) is 8.80. The zero-order valence-corrected chi connectivity index (χ0v) is 16.8. The number of fused-ring (bicyclic) bond motifs is 2. The molecule has 0 N–H and O–H groups in total. The van der Waals surface area contributed by atoms with E-state index >= 15 is 0 Å². The van der Waals surface area contributed by atoms with Gasteiger partial charge in [-0.2, -0.15) is 0 Å². The summed E-state index contributed by atoms with van der Waals surface area (Å²) in [5.41, 5.74) is 3.08. The normalized spacial score (nSPS) is 33.5. The molecule has 3 aliphatic carbocycles. The minimum Gasteiger partial charge on any atom is -0.494 e. The van der Waals surface area contributed by atoms with E-state index in [0.717, 1.165) is 48.8 Å². The van der Waals surface area contributed by atoms with Crippen molar-refractivity contribution in [3.63, 3.8) is 0 Å². The molecule has 4 rings (SSSR count). The second-order valence-corrected chi connectivity index (χ2v) is 9.27. The minimum absolute atomic E-state index is 0.499. The quantitative estimate of drug-likeness (QED) is 0.548.